The molecule has 0 N–H and O–H groups in total. The Morgan fingerprint density at radius 1 is 0.253 bits per heavy atom. The Hall–Kier alpha value is -4.97. The molecule has 0 radical (unpaired) electrons. The van der Waals surface area contributed by atoms with Crippen molar-refractivity contribution in [3.63, 3.8) is 0 Å². The van der Waals surface area contributed by atoms with E-state index in [0.717, 1.165) is 167 Å². The molecule has 468 valence electrons. The average molecular weight is 1150 g/mol. The first-order chi connectivity index (χ1) is 41.0. The van der Waals surface area contributed by atoms with Crippen molar-refractivity contribution < 1.29 is 28.6 Å². The Bertz CT molecular complexity index is 1840. The van der Waals surface area contributed by atoms with Crippen LogP contribution in [-0.2, 0) is 28.6 Å². The van der Waals surface area contributed by atoms with Crippen LogP contribution in [-0.4, -0.2) is 37.2 Å². The summed E-state index contributed by atoms with van der Waals surface area (Å²) < 4.78 is 16.9. The lowest BCUT2D eigenvalue weighted by atomic mass is 10.1. The van der Waals surface area contributed by atoms with Crippen LogP contribution in [0.15, 0.2) is 158 Å². The topological polar surface area (TPSA) is 78.9 Å². The van der Waals surface area contributed by atoms with Gasteiger partial charge in [0.15, 0.2) is 6.10 Å². The number of allylic oxidation sites excluding steroid dienone is 26. The lowest BCUT2D eigenvalue weighted by molar-refractivity contribution is -0.167. The van der Waals surface area contributed by atoms with Gasteiger partial charge in [-0.05, 0) is 148 Å². The maximum atomic E-state index is 12.9. The molecule has 0 saturated carbocycles. The van der Waals surface area contributed by atoms with E-state index in [4.69, 9.17) is 14.2 Å². The van der Waals surface area contributed by atoms with E-state index >= 15 is 0 Å². The third-order valence-corrected chi connectivity index (χ3v) is 14.0. The Morgan fingerprint density at radius 3 is 0.735 bits per heavy atom. The van der Waals surface area contributed by atoms with Crippen molar-refractivity contribution in [2.24, 2.45) is 0 Å². The number of ether oxygens (including phenoxy) is 3. The Labute approximate surface area is 511 Å². The standard InChI is InChI=1S/C77H124O6/c1-4-7-10-13-16-19-22-25-28-31-33-34-35-36-37-38-39-40-41-42-44-46-49-52-55-58-61-64-67-70-76(79)82-73-74(72-81-75(78)69-66-63-60-57-54-51-48-45-30-27-24-21-18-15-12-9-6-3)83-77(80)71-68-65-62-59-56-53-50-47-43-32-29-26-23-20-17-14-11-8-5-2/h7,9-10,12,16-21,25-30,33-34,36-37,39-40,43,47-48,51,74H,4-6,8,11,13-15,22-24,31-32,35,38,41-42,44-46,49-50,52-73H2,1-3H3/b10-7-,12-9-,19-16-,20-17-,21-18-,28-25-,29-26-,30-27-,34-33-,37-36-,40-39-,47-43-,51-48-. The second kappa shape index (κ2) is 69.5. The summed E-state index contributed by atoms with van der Waals surface area (Å²) in [6, 6.07) is 0. The zero-order valence-corrected chi connectivity index (χ0v) is 53.7. The van der Waals surface area contributed by atoms with E-state index in [1.54, 1.807) is 0 Å². The number of unbranched alkanes of at least 4 members (excludes halogenated alkanes) is 23. The summed E-state index contributed by atoms with van der Waals surface area (Å²) in [4.78, 5) is 38.4. The van der Waals surface area contributed by atoms with Crippen LogP contribution in [0.2, 0.25) is 0 Å². The highest BCUT2D eigenvalue weighted by Crippen LogP contribution is 2.15. The lowest BCUT2D eigenvalue weighted by Gasteiger charge is -2.18. The highest BCUT2D eigenvalue weighted by molar-refractivity contribution is 5.71. The summed E-state index contributed by atoms with van der Waals surface area (Å²) in [5.41, 5.74) is 0. The van der Waals surface area contributed by atoms with Gasteiger partial charge in [0.2, 0.25) is 0 Å². The van der Waals surface area contributed by atoms with Gasteiger partial charge in [0.25, 0.3) is 0 Å². The predicted octanol–water partition coefficient (Wildman–Crippen LogP) is 23.7. The number of carbonyl (C=O) groups excluding carboxylic acids is 3. The second-order valence-corrected chi connectivity index (χ2v) is 22.0. The van der Waals surface area contributed by atoms with Gasteiger partial charge in [-0.1, -0.05) is 281 Å². The molecular weight excluding hydrogens is 1020 g/mol. The molecule has 0 aromatic carbocycles. The molecule has 0 aromatic heterocycles. The quantitative estimate of drug-likeness (QED) is 0.0261. The van der Waals surface area contributed by atoms with E-state index in [0.29, 0.717) is 19.3 Å². The number of hydrogen-bond donors (Lipinski definition) is 0. The fraction of sp³-hybridized carbons (Fsp3) is 0.623. The molecule has 83 heavy (non-hydrogen) atoms. The van der Waals surface area contributed by atoms with Gasteiger partial charge in [-0.2, -0.15) is 0 Å². The van der Waals surface area contributed by atoms with Crippen LogP contribution in [0.25, 0.3) is 0 Å². The molecule has 0 aliphatic rings. The van der Waals surface area contributed by atoms with E-state index in [9.17, 15) is 14.4 Å². The van der Waals surface area contributed by atoms with E-state index in [1.807, 2.05) is 0 Å². The van der Waals surface area contributed by atoms with Crippen molar-refractivity contribution in [1.29, 1.82) is 0 Å². The Morgan fingerprint density at radius 2 is 0.470 bits per heavy atom. The van der Waals surface area contributed by atoms with Gasteiger partial charge in [0.1, 0.15) is 13.2 Å². The highest BCUT2D eigenvalue weighted by atomic mass is 16.6. The van der Waals surface area contributed by atoms with E-state index in [1.165, 1.54) is 83.5 Å². The van der Waals surface area contributed by atoms with E-state index < -0.39 is 6.10 Å². The summed E-state index contributed by atoms with van der Waals surface area (Å²) in [5.74, 6) is -0.939. The molecule has 0 amide bonds. The molecule has 0 bridgehead atoms. The zero-order valence-electron chi connectivity index (χ0n) is 53.7. The molecular formula is C77H124O6. The van der Waals surface area contributed by atoms with Crippen LogP contribution in [0, 0.1) is 0 Å². The molecule has 0 rings (SSSR count). The Kier molecular flexibility index (Phi) is 65.4. The molecule has 0 heterocycles. The molecule has 0 aromatic rings. The van der Waals surface area contributed by atoms with Gasteiger partial charge in [0.05, 0.1) is 0 Å². The van der Waals surface area contributed by atoms with Gasteiger partial charge in [-0.3, -0.25) is 14.4 Å². The minimum absolute atomic E-state index is 0.0994. The SMILES string of the molecule is CC/C=C\C/C=C\C/C=C\C/C=C\C/C=C\C/C=C\CCCCCCCCCCCCC(=O)OCC(COC(=O)CCCCCC/C=C\C/C=C\C/C=C\C/C=C\CC)OC(=O)CCCCCCCC/C=C\C/C=C\C/C=C\CCCCC. The van der Waals surface area contributed by atoms with Gasteiger partial charge < -0.3 is 14.2 Å². The van der Waals surface area contributed by atoms with Crippen LogP contribution < -0.4 is 0 Å². The van der Waals surface area contributed by atoms with Crippen LogP contribution in [0.1, 0.15) is 290 Å². The smallest absolute Gasteiger partial charge is 0.306 e. The number of hydrogen-bond acceptors (Lipinski definition) is 6. The first kappa shape index (κ1) is 78.0. The molecule has 1 unspecified atom stereocenters. The fourth-order valence-corrected chi connectivity index (χ4v) is 8.97. The third-order valence-electron chi connectivity index (χ3n) is 14.0. The Balaban J connectivity index is 4.42. The summed E-state index contributed by atoms with van der Waals surface area (Å²) in [7, 11) is 0. The first-order valence-electron chi connectivity index (χ1n) is 34.0. The lowest BCUT2D eigenvalue weighted by Crippen LogP contribution is -2.30. The van der Waals surface area contributed by atoms with E-state index in [-0.39, 0.29) is 31.1 Å². The second-order valence-electron chi connectivity index (χ2n) is 22.0. The summed E-state index contributed by atoms with van der Waals surface area (Å²) >= 11 is 0. The highest BCUT2D eigenvalue weighted by Gasteiger charge is 2.19. The van der Waals surface area contributed by atoms with Crippen LogP contribution in [0.3, 0.4) is 0 Å². The minimum atomic E-state index is -0.807. The molecule has 1 atom stereocenters. The third kappa shape index (κ3) is 67.7. The van der Waals surface area contributed by atoms with Gasteiger partial charge in [-0.25, -0.2) is 0 Å². The van der Waals surface area contributed by atoms with Gasteiger partial charge >= 0.3 is 17.9 Å². The van der Waals surface area contributed by atoms with Crippen molar-refractivity contribution in [3.05, 3.63) is 158 Å². The van der Waals surface area contributed by atoms with Crippen molar-refractivity contribution in [2.45, 2.75) is 297 Å². The van der Waals surface area contributed by atoms with Crippen molar-refractivity contribution in [3.8, 4) is 0 Å². The van der Waals surface area contributed by atoms with Crippen LogP contribution >= 0.6 is 0 Å². The largest absolute Gasteiger partial charge is 0.462 e. The minimum Gasteiger partial charge on any atom is -0.462 e. The predicted molar refractivity (Wildman–Crippen MR) is 362 cm³/mol. The first-order valence-corrected chi connectivity index (χ1v) is 34.0. The maximum absolute atomic E-state index is 12.9. The van der Waals surface area contributed by atoms with Crippen LogP contribution in [0.4, 0.5) is 0 Å². The number of carbonyl (C=O) groups is 3. The normalized spacial score (nSPS) is 13.1. The van der Waals surface area contributed by atoms with Crippen LogP contribution in [0.5, 0.6) is 0 Å². The monoisotopic (exact) mass is 1140 g/mol. The maximum Gasteiger partial charge on any atom is 0.306 e. The molecule has 6 heteroatoms. The fourth-order valence-electron chi connectivity index (χ4n) is 8.97. The average Bonchev–Trinajstić information content (AvgIpc) is 3.49. The summed E-state index contributed by atoms with van der Waals surface area (Å²) in [6.07, 6.45) is 101. The summed E-state index contributed by atoms with van der Waals surface area (Å²) in [6.45, 7) is 6.36. The zero-order chi connectivity index (χ0) is 59.9. The molecule has 0 aliphatic heterocycles. The molecule has 0 saturated heterocycles. The van der Waals surface area contributed by atoms with Crippen molar-refractivity contribution >= 4 is 17.9 Å². The molecule has 0 spiro atoms. The number of esters is 3. The van der Waals surface area contributed by atoms with E-state index in [2.05, 4.69) is 179 Å². The van der Waals surface area contributed by atoms with Crippen molar-refractivity contribution in [2.75, 3.05) is 13.2 Å². The van der Waals surface area contributed by atoms with Gasteiger partial charge in [-0.15, -0.1) is 0 Å². The van der Waals surface area contributed by atoms with Gasteiger partial charge in [0, 0.05) is 19.3 Å². The van der Waals surface area contributed by atoms with Crippen molar-refractivity contribution in [1.82, 2.24) is 0 Å². The molecule has 0 aliphatic carbocycles. The summed E-state index contributed by atoms with van der Waals surface area (Å²) in [5, 5.41) is 0. The molecule has 0 fully saturated rings. The number of rotatable bonds is 60. The molecule has 6 nitrogen and oxygen atoms in total.